The molecule has 86 valence electrons. The Morgan fingerprint density at radius 2 is 2.40 bits per heavy atom. The van der Waals surface area contributed by atoms with E-state index in [0.717, 1.165) is 32.4 Å². The summed E-state index contributed by atoms with van der Waals surface area (Å²) in [6.07, 6.45) is 4.22. The zero-order valence-corrected chi connectivity index (χ0v) is 9.34. The van der Waals surface area contributed by atoms with Gasteiger partial charge in [0.15, 0.2) is 0 Å². The minimum absolute atomic E-state index is 0.0103. The second-order valence-electron chi connectivity index (χ2n) is 4.85. The van der Waals surface area contributed by atoms with E-state index in [9.17, 15) is 4.79 Å². The van der Waals surface area contributed by atoms with Crippen LogP contribution in [0.15, 0.2) is 0 Å². The molecule has 0 bridgehead atoms. The monoisotopic (exact) mass is 212 g/mol. The van der Waals surface area contributed by atoms with Gasteiger partial charge in [0.05, 0.1) is 18.2 Å². The fraction of sp³-hybridized carbons (Fsp3) is 0.909. The van der Waals surface area contributed by atoms with Crippen LogP contribution in [0.4, 0.5) is 0 Å². The SMILES string of the molecule is CC1(NC(=O)[C@H]2CCCCN2)CCOC1. The number of hydrogen-bond donors (Lipinski definition) is 2. The van der Waals surface area contributed by atoms with Crippen LogP contribution in [0.2, 0.25) is 0 Å². The van der Waals surface area contributed by atoms with Crippen LogP contribution in [0.1, 0.15) is 32.6 Å². The largest absolute Gasteiger partial charge is 0.379 e. The molecule has 0 aromatic heterocycles. The molecule has 1 amide bonds. The fourth-order valence-corrected chi connectivity index (χ4v) is 2.23. The van der Waals surface area contributed by atoms with Gasteiger partial charge in [-0.3, -0.25) is 4.79 Å². The van der Waals surface area contributed by atoms with Gasteiger partial charge in [0, 0.05) is 6.61 Å². The van der Waals surface area contributed by atoms with Crippen molar-refractivity contribution in [3.8, 4) is 0 Å². The molecule has 0 spiro atoms. The third-order valence-electron chi connectivity index (χ3n) is 3.27. The Morgan fingerprint density at radius 1 is 1.53 bits per heavy atom. The van der Waals surface area contributed by atoms with Crippen LogP contribution in [0.25, 0.3) is 0 Å². The predicted molar refractivity (Wildman–Crippen MR) is 57.6 cm³/mol. The molecule has 2 heterocycles. The summed E-state index contributed by atoms with van der Waals surface area (Å²) in [4.78, 5) is 11.9. The Balaban J connectivity index is 1.85. The van der Waals surface area contributed by atoms with E-state index in [4.69, 9.17) is 4.74 Å². The smallest absolute Gasteiger partial charge is 0.237 e. The van der Waals surface area contributed by atoms with Gasteiger partial charge in [-0.05, 0) is 32.7 Å². The maximum atomic E-state index is 11.9. The van der Waals surface area contributed by atoms with Crippen molar-refractivity contribution in [2.24, 2.45) is 0 Å². The number of rotatable bonds is 2. The summed E-state index contributed by atoms with van der Waals surface area (Å²) in [6.45, 7) is 4.42. The molecule has 0 saturated carbocycles. The van der Waals surface area contributed by atoms with Gasteiger partial charge < -0.3 is 15.4 Å². The Kier molecular flexibility index (Phi) is 3.26. The second-order valence-corrected chi connectivity index (χ2v) is 4.85. The number of nitrogens with one attached hydrogen (secondary N) is 2. The molecule has 2 rings (SSSR count). The van der Waals surface area contributed by atoms with Crippen molar-refractivity contribution in [3.63, 3.8) is 0 Å². The summed E-state index contributed by atoms with van der Waals surface area (Å²) in [5.74, 6) is 0.141. The van der Waals surface area contributed by atoms with Gasteiger partial charge in [-0.1, -0.05) is 6.42 Å². The molecule has 15 heavy (non-hydrogen) atoms. The predicted octanol–water partition coefficient (Wildman–Crippen LogP) is 0.424. The Bertz CT molecular complexity index is 231. The molecule has 2 atom stereocenters. The third-order valence-corrected chi connectivity index (χ3v) is 3.27. The summed E-state index contributed by atoms with van der Waals surface area (Å²) < 4.78 is 5.31. The molecule has 2 aliphatic heterocycles. The lowest BCUT2D eigenvalue weighted by molar-refractivity contribution is -0.125. The first-order chi connectivity index (χ1) is 7.20. The van der Waals surface area contributed by atoms with E-state index in [0.29, 0.717) is 6.61 Å². The van der Waals surface area contributed by atoms with E-state index in [1.165, 1.54) is 6.42 Å². The van der Waals surface area contributed by atoms with Gasteiger partial charge in [-0.15, -0.1) is 0 Å². The summed E-state index contributed by atoms with van der Waals surface area (Å²) in [5.41, 5.74) is -0.143. The minimum atomic E-state index is -0.143. The minimum Gasteiger partial charge on any atom is -0.379 e. The average molecular weight is 212 g/mol. The van der Waals surface area contributed by atoms with Crippen molar-refractivity contribution in [1.82, 2.24) is 10.6 Å². The van der Waals surface area contributed by atoms with Crippen LogP contribution >= 0.6 is 0 Å². The Hall–Kier alpha value is -0.610. The van der Waals surface area contributed by atoms with E-state index in [2.05, 4.69) is 17.6 Å². The van der Waals surface area contributed by atoms with Crippen LogP contribution in [0.3, 0.4) is 0 Å². The molecule has 2 saturated heterocycles. The first kappa shape index (κ1) is 10.9. The summed E-state index contributed by atoms with van der Waals surface area (Å²) in [5, 5.41) is 6.36. The standard InChI is InChI=1S/C11H20N2O2/c1-11(5-7-15-8-11)13-10(14)9-4-2-3-6-12-9/h9,12H,2-8H2,1H3,(H,13,14)/t9-,11?/m1/s1. The van der Waals surface area contributed by atoms with Gasteiger partial charge in [0.2, 0.25) is 5.91 Å². The number of ether oxygens (including phenoxy) is 1. The van der Waals surface area contributed by atoms with Gasteiger partial charge in [-0.25, -0.2) is 0 Å². The molecular weight excluding hydrogens is 192 g/mol. The molecule has 0 aliphatic carbocycles. The number of carbonyl (C=O) groups excluding carboxylic acids is 1. The highest BCUT2D eigenvalue weighted by molar-refractivity contribution is 5.82. The highest BCUT2D eigenvalue weighted by Gasteiger charge is 2.33. The van der Waals surface area contributed by atoms with Crippen molar-refractivity contribution < 1.29 is 9.53 Å². The highest BCUT2D eigenvalue weighted by Crippen LogP contribution is 2.18. The lowest BCUT2D eigenvalue weighted by Crippen LogP contribution is -2.54. The molecule has 2 fully saturated rings. The number of hydrogen-bond acceptors (Lipinski definition) is 3. The average Bonchev–Trinajstić information content (AvgIpc) is 2.66. The zero-order valence-electron chi connectivity index (χ0n) is 9.34. The Morgan fingerprint density at radius 3 is 3.00 bits per heavy atom. The molecule has 2 aliphatic rings. The topological polar surface area (TPSA) is 50.4 Å². The highest BCUT2D eigenvalue weighted by atomic mass is 16.5. The lowest BCUT2D eigenvalue weighted by Gasteiger charge is -2.29. The first-order valence-electron chi connectivity index (χ1n) is 5.83. The van der Waals surface area contributed by atoms with Crippen molar-refractivity contribution in [1.29, 1.82) is 0 Å². The quantitative estimate of drug-likeness (QED) is 0.697. The van der Waals surface area contributed by atoms with Crippen LogP contribution in [-0.4, -0.2) is 37.2 Å². The van der Waals surface area contributed by atoms with Crippen LogP contribution in [-0.2, 0) is 9.53 Å². The lowest BCUT2D eigenvalue weighted by atomic mass is 9.99. The maximum Gasteiger partial charge on any atom is 0.237 e. The van der Waals surface area contributed by atoms with E-state index >= 15 is 0 Å². The molecular formula is C11H20N2O2. The molecule has 0 aromatic carbocycles. The van der Waals surface area contributed by atoms with Crippen LogP contribution in [0, 0.1) is 0 Å². The van der Waals surface area contributed by atoms with Crippen molar-refractivity contribution >= 4 is 5.91 Å². The normalized spacial score (nSPS) is 36.5. The summed E-state index contributed by atoms with van der Waals surface area (Å²) >= 11 is 0. The maximum absolute atomic E-state index is 11.9. The van der Waals surface area contributed by atoms with E-state index < -0.39 is 0 Å². The van der Waals surface area contributed by atoms with Crippen molar-refractivity contribution in [2.45, 2.75) is 44.2 Å². The van der Waals surface area contributed by atoms with Crippen molar-refractivity contribution in [3.05, 3.63) is 0 Å². The number of piperidine rings is 1. The van der Waals surface area contributed by atoms with Crippen molar-refractivity contribution in [2.75, 3.05) is 19.8 Å². The van der Waals surface area contributed by atoms with E-state index in [1.807, 2.05) is 0 Å². The molecule has 4 nitrogen and oxygen atoms in total. The van der Waals surface area contributed by atoms with E-state index in [1.54, 1.807) is 0 Å². The van der Waals surface area contributed by atoms with Gasteiger partial charge in [0.25, 0.3) is 0 Å². The molecule has 0 aromatic rings. The molecule has 2 N–H and O–H groups in total. The van der Waals surface area contributed by atoms with Crippen LogP contribution in [0.5, 0.6) is 0 Å². The third kappa shape index (κ3) is 2.69. The molecule has 4 heteroatoms. The molecule has 1 unspecified atom stereocenters. The molecule has 0 radical (unpaired) electrons. The first-order valence-corrected chi connectivity index (χ1v) is 5.83. The summed E-state index contributed by atoms with van der Waals surface area (Å²) in [6, 6.07) is 0.0103. The van der Waals surface area contributed by atoms with Crippen LogP contribution < -0.4 is 10.6 Å². The van der Waals surface area contributed by atoms with E-state index in [-0.39, 0.29) is 17.5 Å². The number of carbonyl (C=O) groups is 1. The number of amides is 1. The second kappa shape index (κ2) is 4.49. The fourth-order valence-electron chi connectivity index (χ4n) is 2.23. The zero-order chi connectivity index (χ0) is 10.7. The van der Waals surface area contributed by atoms with Gasteiger partial charge in [0.1, 0.15) is 0 Å². The Labute approximate surface area is 90.8 Å². The van der Waals surface area contributed by atoms with Gasteiger partial charge in [-0.2, -0.15) is 0 Å². The summed E-state index contributed by atoms with van der Waals surface area (Å²) in [7, 11) is 0. The van der Waals surface area contributed by atoms with Gasteiger partial charge >= 0.3 is 0 Å².